The summed E-state index contributed by atoms with van der Waals surface area (Å²) >= 11 is 0. The van der Waals surface area contributed by atoms with E-state index in [9.17, 15) is 0 Å². The van der Waals surface area contributed by atoms with Gasteiger partial charge in [-0.15, -0.1) is 0 Å². The third-order valence-corrected chi connectivity index (χ3v) is 5.99. The minimum atomic E-state index is 0.408. The van der Waals surface area contributed by atoms with Crippen molar-refractivity contribution in [1.29, 1.82) is 0 Å². The van der Waals surface area contributed by atoms with E-state index in [2.05, 4.69) is 50.1 Å². The van der Waals surface area contributed by atoms with Crippen LogP contribution in [0.3, 0.4) is 0 Å². The van der Waals surface area contributed by atoms with Gasteiger partial charge in [0.15, 0.2) is 0 Å². The third kappa shape index (κ3) is 3.18. The molecule has 2 fully saturated rings. The van der Waals surface area contributed by atoms with E-state index in [0.717, 1.165) is 54.5 Å². The molecule has 0 unspecified atom stereocenters. The Morgan fingerprint density at radius 1 is 0.966 bits per heavy atom. The van der Waals surface area contributed by atoms with E-state index in [1.165, 1.54) is 18.4 Å². The Morgan fingerprint density at radius 3 is 2.66 bits per heavy atom. The van der Waals surface area contributed by atoms with Gasteiger partial charge in [0.1, 0.15) is 11.6 Å². The Kier molecular flexibility index (Phi) is 3.89. The Bertz CT molecular complexity index is 1060. The molecule has 0 spiro atoms. The van der Waals surface area contributed by atoms with Crippen LogP contribution in [0.4, 0.5) is 11.5 Å². The maximum absolute atomic E-state index is 5.96. The van der Waals surface area contributed by atoms with Crippen LogP contribution in [0.15, 0.2) is 60.0 Å². The molecule has 146 valence electrons. The highest BCUT2D eigenvalue weighted by molar-refractivity contribution is 6.22. The Labute approximate surface area is 169 Å². The van der Waals surface area contributed by atoms with Crippen LogP contribution in [0.1, 0.15) is 42.9 Å². The van der Waals surface area contributed by atoms with Gasteiger partial charge in [-0.3, -0.25) is 4.68 Å². The second kappa shape index (κ2) is 6.72. The van der Waals surface area contributed by atoms with Crippen molar-refractivity contribution in [3.63, 3.8) is 0 Å². The first-order valence-electron chi connectivity index (χ1n) is 10.4. The first kappa shape index (κ1) is 16.8. The van der Waals surface area contributed by atoms with Gasteiger partial charge in [0.05, 0.1) is 23.5 Å². The molecule has 3 aliphatic rings. The molecule has 0 radical (unpaired) electrons. The average Bonchev–Trinajstić information content (AvgIpc) is 3.39. The molecule has 0 amide bonds. The predicted octanol–water partition coefficient (Wildman–Crippen LogP) is 4.14. The van der Waals surface area contributed by atoms with Crippen molar-refractivity contribution in [1.82, 2.24) is 14.8 Å². The molecule has 6 heteroatoms. The van der Waals surface area contributed by atoms with Crippen molar-refractivity contribution in [3.05, 3.63) is 66.1 Å². The van der Waals surface area contributed by atoms with E-state index in [1.54, 1.807) is 0 Å². The first-order valence-corrected chi connectivity index (χ1v) is 10.4. The van der Waals surface area contributed by atoms with Crippen LogP contribution in [-0.2, 0) is 0 Å². The fourth-order valence-corrected chi connectivity index (χ4v) is 4.20. The van der Waals surface area contributed by atoms with Gasteiger partial charge in [-0.25, -0.2) is 9.98 Å². The molecule has 0 N–H and O–H groups in total. The topological polar surface area (TPSA) is 55.5 Å². The lowest BCUT2D eigenvalue weighted by atomic mass is 9.95. The summed E-state index contributed by atoms with van der Waals surface area (Å²) in [5, 5.41) is 4.40. The normalized spacial score (nSPS) is 18.8. The van der Waals surface area contributed by atoms with Crippen molar-refractivity contribution < 1.29 is 4.74 Å². The van der Waals surface area contributed by atoms with Gasteiger partial charge in [0, 0.05) is 42.8 Å². The summed E-state index contributed by atoms with van der Waals surface area (Å²) < 4.78 is 8.04. The average molecular weight is 385 g/mol. The van der Waals surface area contributed by atoms with Gasteiger partial charge in [0.25, 0.3) is 0 Å². The number of anilines is 1. The maximum atomic E-state index is 5.96. The summed E-state index contributed by atoms with van der Waals surface area (Å²) in [4.78, 5) is 11.7. The van der Waals surface area contributed by atoms with E-state index in [-0.39, 0.29) is 0 Å². The molecule has 2 aliphatic heterocycles. The highest BCUT2D eigenvalue weighted by Crippen LogP contribution is 2.37. The largest absolute Gasteiger partial charge is 0.490 e. The number of piperidine rings is 1. The van der Waals surface area contributed by atoms with E-state index in [4.69, 9.17) is 9.73 Å². The summed E-state index contributed by atoms with van der Waals surface area (Å²) in [5.74, 6) is 1.98. The number of hydrogen-bond donors (Lipinski definition) is 0. The Morgan fingerprint density at radius 2 is 1.86 bits per heavy atom. The number of rotatable bonds is 5. The lowest BCUT2D eigenvalue weighted by molar-refractivity contribution is 0.303. The second-order valence-electron chi connectivity index (χ2n) is 8.06. The quantitative estimate of drug-likeness (QED) is 0.518. The molecule has 3 aromatic rings. The fraction of sp³-hybridized carbons (Fsp3) is 0.348. The molecule has 1 saturated heterocycles. The number of nitrogens with zero attached hydrogens (tertiary/aromatic N) is 5. The van der Waals surface area contributed by atoms with Crippen molar-refractivity contribution in [2.24, 2.45) is 4.99 Å². The summed E-state index contributed by atoms with van der Waals surface area (Å²) in [5.41, 5.74) is 4.39. The number of pyridine rings is 1. The number of benzene rings is 1. The van der Waals surface area contributed by atoms with E-state index in [1.807, 2.05) is 24.5 Å². The number of aliphatic imine (C=N–C) groups is 1. The van der Waals surface area contributed by atoms with Gasteiger partial charge in [-0.2, -0.15) is 5.10 Å². The van der Waals surface area contributed by atoms with Crippen LogP contribution in [-0.4, -0.2) is 39.7 Å². The lowest BCUT2D eigenvalue weighted by Gasteiger charge is -2.33. The molecule has 29 heavy (non-hydrogen) atoms. The Balaban J connectivity index is 1.18. The summed E-state index contributed by atoms with van der Waals surface area (Å²) in [6, 6.07) is 12.9. The van der Waals surface area contributed by atoms with Gasteiger partial charge in [0.2, 0.25) is 0 Å². The van der Waals surface area contributed by atoms with Gasteiger partial charge < -0.3 is 9.64 Å². The third-order valence-electron chi connectivity index (χ3n) is 5.99. The highest BCUT2D eigenvalue weighted by Gasteiger charge is 2.27. The fourth-order valence-electron chi connectivity index (χ4n) is 4.20. The standard InChI is InChI=1S/C23H23N5O/c1-9-25-28(11-1)17-7-12-27(13-8-17)22-14-16(6-10-24-22)23-20-15-19(29-18-2-3-18)4-5-21(20)26-23/h1,4-6,9-11,14-15,17-18H,2-3,7-8,12-13H2. The monoisotopic (exact) mass is 385 g/mol. The van der Waals surface area contributed by atoms with Gasteiger partial charge in [-0.1, -0.05) is 0 Å². The molecular weight excluding hydrogens is 362 g/mol. The number of aromatic nitrogens is 3. The van der Waals surface area contributed by atoms with Crippen molar-refractivity contribution in [3.8, 4) is 5.75 Å². The zero-order valence-electron chi connectivity index (χ0n) is 16.2. The van der Waals surface area contributed by atoms with Crippen molar-refractivity contribution >= 4 is 17.2 Å². The zero-order chi connectivity index (χ0) is 19.2. The molecule has 0 atom stereocenters. The van der Waals surface area contributed by atoms with Crippen LogP contribution >= 0.6 is 0 Å². The molecule has 6 rings (SSSR count). The number of hydrogen-bond acceptors (Lipinski definition) is 5. The van der Waals surface area contributed by atoms with Crippen LogP contribution in [0.25, 0.3) is 0 Å². The zero-order valence-corrected chi connectivity index (χ0v) is 16.2. The van der Waals surface area contributed by atoms with E-state index >= 15 is 0 Å². The molecule has 1 aromatic carbocycles. The molecule has 1 saturated carbocycles. The van der Waals surface area contributed by atoms with Crippen LogP contribution in [0.5, 0.6) is 5.75 Å². The summed E-state index contributed by atoms with van der Waals surface area (Å²) in [6.07, 6.45) is 10.7. The predicted molar refractivity (Wildman–Crippen MR) is 112 cm³/mol. The Hall–Kier alpha value is -3.15. The molecule has 2 aromatic heterocycles. The number of ether oxygens (including phenoxy) is 1. The minimum Gasteiger partial charge on any atom is -0.490 e. The molecule has 1 aliphatic carbocycles. The van der Waals surface area contributed by atoms with Gasteiger partial charge >= 0.3 is 0 Å². The van der Waals surface area contributed by atoms with E-state index in [0.29, 0.717) is 12.1 Å². The minimum absolute atomic E-state index is 0.408. The SMILES string of the molecule is c1cnn(C2CCN(c3cc(C4=Nc5ccc(OC6CC6)cc54)ccn3)CC2)c1. The molecule has 4 heterocycles. The highest BCUT2D eigenvalue weighted by atomic mass is 16.5. The van der Waals surface area contributed by atoms with Crippen molar-refractivity contribution in [2.45, 2.75) is 37.8 Å². The molecule has 0 bridgehead atoms. The summed E-state index contributed by atoms with van der Waals surface area (Å²) in [6.45, 7) is 1.98. The smallest absolute Gasteiger partial charge is 0.129 e. The van der Waals surface area contributed by atoms with Crippen LogP contribution in [0, 0.1) is 0 Å². The van der Waals surface area contributed by atoms with Crippen LogP contribution < -0.4 is 9.64 Å². The van der Waals surface area contributed by atoms with Crippen molar-refractivity contribution in [2.75, 3.05) is 18.0 Å². The van der Waals surface area contributed by atoms with E-state index < -0.39 is 0 Å². The summed E-state index contributed by atoms with van der Waals surface area (Å²) in [7, 11) is 0. The second-order valence-corrected chi connectivity index (χ2v) is 8.06. The molecular formula is C23H23N5O. The first-order chi connectivity index (χ1) is 14.3. The number of fused-ring (bicyclic) bond motifs is 1. The van der Waals surface area contributed by atoms with Crippen LogP contribution in [0.2, 0.25) is 0 Å². The lowest BCUT2D eigenvalue weighted by Crippen LogP contribution is -2.35. The molecule has 6 nitrogen and oxygen atoms in total. The van der Waals surface area contributed by atoms with Gasteiger partial charge in [-0.05, 0) is 62.1 Å². The maximum Gasteiger partial charge on any atom is 0.129 e.